The highest BCUT2D eigenvalue weighted by molar-refractivity contribution is 5.79. The fraction of sp³-hybridized carbons (Fsp3) is 0.458. The van der Waals surface area contributed by atoms with E-state index in [1.54, 1.807) is 18.2 Å². The molecule has 0 aromatic heterocycles. The number of aromatic hydroxyl groups is 1. The van der Waals surface area contributed by atoms with Crippen molar-refractivity contribution in [3.63, 3.8) is 0 Å². The molecular formula is C24H29FN2O2. The number of benzene rings is 2. The predicted octanol–water partition coefficient (Wildman–Crippen LogP) is 4.12. The Kier molecular flexibility index (Phi) is 5.86. The molecule has 2 aromatic carbocycles. The maximum atomic E-state index is 13.2. The van der Waals surface area contributed by atoms with Gasteiger partial charge < -0.3 is 10.0 Å². The van der Waals surface area contributed by atoms with Crippen LogP contribution < -0.4 is 0 Å². The van der Waals surface area contributed by atoms with Crippen molar-refractivity contribution in [2.45, 2.75) is 50.6 Å². The molecule has 4 nitrogen and oxygen atoms in total. The zero-order valence-corrected chi connectivity index (χ0v) is 16.8. The Morgan fingerprint density at radius 1 is 0.966 bits per heavy atom. The van der Waals surface area contributed by atoms with Crippen LogP contribution in [0.3, 0.4) is 0 Å². The van der Waals surface area contributed by atoms with E-state index < -0.39 is 0 Å². The SMILES string of the molecule is O=C(Cc1cccc(O)c1)N1CCC[C@@]2(CCCN2Cc2ccc(F)cc2)CC1. The molecule has 5 heteroatoms. The van der Waals surface area contributed by atoms with E-state index in [0.29, 0.717) is 6.42 Å². The molecule has 0 radical (unpaired) electrons. The molecule has 2 aliphatic heterocycles. The summed E-state index contributed by atoms with van der Waals surface area (Å²) in [5.74, 6) is 0.142. The van der Waals surface area contributed by atoms with Crippen LogP contribution in [0.15, 0.2) is 48.5 Å². The molecular weight excluding hydrogens is 367 g/mol. The van der Waals surface area contributed by atoms with Gasteiger partial charge in [-0.2, -0.15) is 0 Å². The van der Waals surface area contributed by atoms with E-state index in [4.69, 9.17) is 0 Å². The minimum atomic E-state index is -0.194. The van der Waals surface area contributed by atoms with Crippen LogP contribution in [-0.2, 0) is 17.8 Å². The largest absolute Gasteiger partial charge is 0.508 e. The van der Waals surface area contributed by atoms with Crippen molar-refractivity contribution in [1.82, 2.24) is 9.80 Å². The third-order valence-corrected chi connectivity index (χ3v) is 6.56. The van der Waals surface area contributed by atoms with Crippen molar-refractivity contribution in [3.05, 3.63) is 65.5 Å². The summed E-state index contributed by atoms with van der Waals surface area (Å²) >= 11 is 0. The zero-order valence-electron chi connectivity index (χ0n) is 16.8. The van der Waals surface area contributed by atoms with Gasteiger partial charge in [0.2, 0.25) is 5.91 Å². The molecule has 1 amide bonds. The van der Waals surface area contributed by atoms with Gasteiger partial charge in [0, 0.05) is 25.2 Å². The number of likely N-dealkylation sites (tertiary alicyclic amines) is 2. The molecule has 2 saturated heterocycles. The molecule has 0 unspecified atom stereocenters. The van der Waals surface area contributed by atoms with Gasteiger partial charge in [-0.25, -0.2) is 4.39 Å². The summed E-state index contributed by atoms with van der Waals surface area (Å²) in [5.41, 5.74) is 2.15. The monoisotopic (exact) mass is 396 g/mol. The summed E-state index contributed by atoms with van der Waals surface area (Å²) in [6, 6.07) is 13.8. The lowest BCUT2D eigenvalue weighted by Crippen LogP contribution is -2.44. The second-order valence-corrected chi connectivity index (χ2v) is 8.46. The topological polar surface area (TPSA) is 43.8 Å². The van der Waals surface area contributed by atoms with Crippen LogP contribution in [0.1, 0.15) is 43.2 Å². The van der Waals surface area contributed by atoms with Crippen LogP contribution in [-0.4, -0.2) is 46.0 Å². The lowest BCUT2D eigenvalue weighted by molar-refractivity contribution is -0.130. The van der Waals surface area contributed by atoms with E-state index in [-0.39, 0.29) is 23.0 Å². The molecule has 1 spiro atoms. The average molecular weight is 397 g/mol. The summed E-state index contributed by atoms with van der Waals surface area (Å²) in [6.45, 7) is 3.48. The molecule has 0 aliphatic carbocycles. The minimum absolute atomic E-state index is 0.135. The van der Waals surface area contributed by atoms with Crippen LogP contribution in [0, 0.1) is 5.82 Å². The Balaban J connectivity index is 1.40. The fourth-order valence-electron chi connectivity index (χ4n) is 5.00. The van der Waals surface area contributed by atoms with Gasteiger partial charge in [-0.3, -0.25) is 9.69 Å². The first-order valence-electron chi connectivity index (χ1n) is 10.6. The summed E-state index contributed by atoms with van der Waals surface area (Å²) < 4.78 is 13.2. The minimum Gasteiger partial charge on any atom is -0.508 e. The first kappa shape index (κ1) is 19.9. The lowest BCUT2D eigenvalue weighted by atomic mass is 9.87. The maximum Gasteiger partial charge on any atom is 0.226 e. The fourth-order valence-corrected chi connectivity index (χ4v) is 5.00. The second-order valence-electron chi connectivity index (χ2n) is 8.46. The van der Waals surface area contributed by atoms with Crippen LogP contribution in [0.5, 0.6) is 5.75 Å². The molecule has 0 saturated carbocycles. The Bertz CT molecular complexity index is 854. The van der Waals surface area contributed by atoms with Gasteiger partial charge in [0.1, 0.15) is 11.6 Å². The van der Waals surface area contributed by atoms with Crippen molar-refractivity contribution in [1.29, 1.82) is 0 Å². The van der Waals surface area contributed by atoms with Gasteiger partial charge in [-0.1, -0.05) is 24.3 Å². The third kappa shape index (κ3) is 4.61. The lowest BCUT2D eigenvalue weighted by Gasteiger charge is -2.38. The molecule has 29 heavy (non-hydrogen) atoms. The van der Waals surface area contributed by atoms with Crippen LogP contribution in [0.2, 0.25) is 0 Å². The van der Waals surface area contributed by atoms with E-state index in [1.165, 1.54) is 25.0 Å². The predicted molar refractivity (Wildman–Crippen MR) is 111 cm³/mol. The Hall–Kier alpha value is -2.40. The molecule has 2 fully saturated rings. The van der Waals surface area contributed by atoms with Crippen molar-refractivity contribution in [2.24, 2.45) is 0 Å². The number of hydrogen-bond acceptors (Lipinski definition) is 3. The molecule has 1 atom stereocenters. The van der Waals surface area contributed by atoms with E-state index in [0.717, 1.165) is 56.6 Å². The van der Waals surface area contributed by atoms with E-state index in [2.05, 4.69) is 4.90 Å². The van der Waals surface area contributed by atoms with Gasteiger partial charge >= 0.3 is 0 Å². The summed E-state index contributed by atoms with van der Waals surface area (Å²) in [5, 5.41) is 9.63. The highest BCUT2D eigenvalue weighted by Gasteiger charge is 2.41. The average Bonchev–Trinajstić information content (AvgIpc) is 2.94. The number of phenolic OH excluding ortho intramolecular Hbond substituents is 1. The third-order valence-electron chi connectivity index (χ3n) is 6.56. The molecule has 0 bridgehead atoms. The summed E-state index contributed by atoms with van der Waals surface area (Å²) in [6.07, 6.45) is 5.78. The Morgan fingerprint density at radius 3 is 2.48 bits per heavy atom. The maximum absolute atomic E-state index is 13.2. The van der Waals surface area contributed by atoms with Gasteiger partial charge in [0.25, 0.3) is 0 Å². The number of halogens is 1. The van der Waals surface area contributed by atoms with Crippen LogP contribution >= 0.6 is 0 Å². The number of carbonyl (C=O) groups is 1. The van der Waals surface area contributed by atoms with Gasteiger partial charge in [0.05, 0.1) is 6.42 Å². The number of phenols is 1. The highest BCUT2D eigenvalue weighted by atomic mass is 19.1. The molecule has 4 rings (SSSR count). The number of rotatable bonds is 4. The number of nitrogens with zero attached hydrogens (tertiary/aromatic N) is 2. The van der Waals surface area contributed by atoms with Crippen LogP contribution in [0.4, 0.5) is 4.39 Å². The molecule has 2 heterocycles. The molecule has 2 aliphatic rings. The summed E-state index contributed by atoms with van der Waals surface area (Å²) in [4.78, 5) is 17.4. The quantitative estimate of drug-likeness (QED) is 0.845. The molecule has 2 aromatic rings. The first-order chi connectivity index (χ1) is 14.0. The first-order valence-corrected chi connectivity index (χ1v) is 10.6. The Morgan fingerprint density at radius 2 is 1.72 bits per heavy atom. The molecule has 154 valence electrons. The standard InChI is InChI=1S/C24H29FN2O2/c25-21-8-6-19(7-9-21)18-27-14-3-11-24(27)10-2-13-26(15-12-24)23(29)17-20-4-1-5-22(28)16-20/h1,4-9,16,28H,2-3,10-15,17-18H2/t24-/m1/s1. The van der Waals surface area contributed by atoms with Crippen molar-refractivity contribution >= 4 is 5.91 Å². The van der Waals surface area contributed by atoms with Gasteiger partial charge in [-0.05, 0) is 74.0 Å². The second kappa shape index (κ2) is 8.54. The normalized spacial score (nSPS) is 22.7. The van der Waals surface area contributed by atoms with E-state index in [1.807, 2.05) is 23.1 Å². The smallest absolute Gasteiger partial charge is 0.226 e. The summed E-state index contributed by atoms with van der Waals surface area (Å²) in [7, 11) is 0. The number of hydrogen-bond donors (Lipinski definition) is 1. The van der Waals surface area contributed by atoms with E-state index >= 15 is 0 Å². The zero-order chi connectivity index (χ0) is 20.3. The molecule has 1 N–H and O–H groups in total. The van der Waals surface area contributed by atoms with Crippen LogP contribution in [0.25, 0.3) is 0 Å². The van der Waals surface area contributed by atoms with Crippen molar-refractivity contribution in [3.8, 4) is 5.75 Å². The number of amides is 1. The van der Waals surface area contributed by atoms with Gasteiger partial charge in [-0.15, -0.1) is 0 Å². The highest BCUT2D eigenvalue weighted by Crippen LogP contribution is 2.39. The van der Waals surface area contributed by atoms with Gasteiger partial charge in [0.15, 0.2) is 0 Å². The number of carbonyl (C=O) groups excluding carboxylic acids is 1. The van der Waals surface area contributed by atoms with Crippen molar-refractivity contribution < 1.29 is 14.3 Å². The van der Waals surface area contributed by atoms with E-state index in [9.17, 15) is 14.3 Å². The Labute approximate surface area is 171 Å². The van der Waals surface area contributed by atoms with Crippen molar-refractivity contribution in [2.75, 3.05) is 19.6 Å².